The number of nitrogens with one attached hydrogen (secondary N) is 2. The van der Waals surface area contributed by atoms with E-state index in [2.05, 4.69) is 27.8 Å². The lowest BCUT2D eigenvalue weighted by Crippen LogP contribution is -2.36. The third-order valence-corrected chi connectivity index (χ3v) is 5.53. The van der Waals surface area contributed by atoms with Crippen LogP contribution in [0.15, 0.2) is 28.6 Å². The summed E-state index contributed by atoms with van der Waals surface area (Å²) in [4.78, 5) is 25.6. The van der Waals surface area contributed by atoms with E-state index in [-0.39, 0.29) is 24.1 Å². The molecule has 1 aromatic heterocycles. The number of carbonyl (C=O) groups is 2. The van der Waals surface area contributed by atoms with Crippen LogP contribution in [-0.4, -0.2) is 52.8 Å². The van der Waals surface area contributed by atoms with Crippen molar-refractivity contribution in [1.82, 2.24) is 15.1 Å². The van der Waals surface area contributed by atoms with Crippen molar-refractivity contribution in [2.45, 2.75) is 17.7 Å². The van der Waals surface area contributed by atoms with Crippen LogP contribution in [0.3, 0.4) is 0 Å². The molecule has 2 rings (SSSR count). The summed E-state index contributed by atoms with van der Waals surface area (Å²) in [7, 11) is 1.59. The number of nitrogens with zero attached hydrogens (tertiary/aromatic N) is 3. The third kappa shape index (κ3) is 6.47. The van der Waals surface area contributed by atoms with Gasteiger partial charge >= 0.3 is 0 Å². The number of benzene rings is 1. The van der Waals surface area contributed by atoms with Gasteiger partial charge in [0.05, 0.1) is 23.0 Å². The lowest BCUT2D eigenvalue weighted by molar-refractivity contribution is -0.131. The molecule has 0 aliphatic rings. The van der Waals surface area contributed by atoms with Crippen LogP contribution in [0.1, 0.15) is 13.3 Å². The number of aromatic nitrogens is 2. The van der Waals surface area contributed by atoms with Gasteiger partial charge in [0.1, 0.15) is 0 Å². The van der Waals surface area contributed by atoms with E-state index in [9.17, 15) is 9.59 Å². The Balaban J connectivity index is 1.77. The van der Waals surface area contributed by atoms with Crippen molar-refractivity contribution in [3.63, 3.8) is 0 Å². The maximum absolute atomic E-state index is 12.2. The van der Waals surface area contributed by atoms with Crippen LogP contribution < -0.4 is 10.6 Å². The number of carbonyl (C=O) groups excluding carboxylic acids is 2. The van der Waals surface area contributed by atoms with Gasteiger partial charge in [-0.1, -0.05) is 53.8 Å². The zero-order valence-electron chi connectivity index (χ0n) is 14.5. The van der Waals surface area contributed by atoms with Crippen LogP contribution in [-0.2, 0) is 9.59 Å². The fraction of sp³-hybridized carbons (Fsp3) is 0.375. The van der Waals surface area contributed by atoms with Gasteiger partial charge in [0.15, 0.2) is 4.34 Å². The van der Waals surface area contributed by atoms with Crippen molar-refractivity contribution in [3.8, 4) is 0 Å². The molecule has 0 fully saturated rings. The van der Waals surface area contributed by atoms with E-state index in [1.165, 1.54) is 28.0 Å². The minimum Gasteiger partial charge on any atom is -0.360 e. The standard InChI is InChI=1S/C16H20ClN5O2S2/c1-3-8-18-15-20-21-16(26-15)25-10-14(24)22(2)9-13(23)19-12-7-5-4-6-11(12)17/h4-7H,3,8-10H2,1-2H3,(H,18,20)(H,19,23). The molecule has 1 aromatic carbocycles. The summed E-state index contributed by atoms with van der Waals surface area (Å²) in [6.45, 7) is 2.85. The summed E-state index contributed by atoms with van der Waals surface area (Å²) < 4.78 is 0.714. The number of thioether (sulfide) groups is 1. The molecular formula is C16H20ClN5O2S2. The van der Waals surface area contributed by atoms with E-state index in [0.29, 0.717) is 15.0 Å². The Morgan fingerprint density at radius 2 is 2.08 bits per heavy atom. The van der Waals surface area contributed by atoms with E-state index >= 15 is 0 Å². The average molecular weight is 414 g/mol. The van der Waals surface area contributed by atoms with Crippen LogP contribution in [0.5, 0.6) is 0 Å². The van der Waals surface area contributed by atoms with Gasteiger partial charge in [0.25, 0.3) is 0 Å². The van der Waals surface area contributed by atoms with Crippen molar-refractivity contribution in [1.29, 1.82) is 0 Å². The quantitative estimate of drug-likeness (QED) is 0.614. The van der Waals surface area contributed by atoms with E-state index in [4.69, 9.17) is 11.6 Å². The van der Waals surface area contributed by atoms with Crippen LogP contribution in [0.25, 0.3) is 0 Å². The highest BCUT2D eigenvalue weighted by molar-refractivity contribution is 8.01. The molecule has 0 spiro atoms. The Bertz CT molecular complexity index is 756. The number of hydrogen-bond acceptors (Lipinski definition) is 7. The molecule has 0 aliphatic heterocycles. The summed E-state index contributed by atoms with van der Waals surface area (Å²) >= 11 is 8.72. The monoisotopic (exact) mass is 413 g/mol. The van der Waals surface area contributed by atoms with Gasteiger partial charge in [-0.05, 0) is 18.6 Å². The summed E-state index contributed by atoms with van der Waals surface area (Å²) in [6.07, 6.45) is 1.00. The van der Waals surface area contributed by atoms with E-state index < -0.39 is 0 Å². The molecule has 26 heavy (non-hydrogen) atoms. The van der Waals surface area contributed by atoms with Gasteiger partial charge in [-0.15, -0.1) is 10.2 Å². The SMILES string of the molecule is CCCNc1nnc(SCC(=O)N(C)CC(=O)Nc2ccccc2Cl)s1. The van der Waals surface area contributed by atoms with Gasteiger partial charge in [0, 0.05) is 13.6 Å². The first-order valence-electron chi connectivity index (χ1n) is 7.98. The van der Waals surface area contributed by atoms with Crippen LogP contribution >= 0.6 is 34.7 Å². The number of hydrogen-bond donors (Lipinski definition) is 2. The molecule has 2 N–H and O–H groups in total. The molecule has 0 radical (unpaired) electrons. The van der Waals surface area contributed by atoms with Crippen molar-refractivity contribution >= 4 is 57.3 Å². The smallest absolute Gasteiger partial charge is 0.244 e. The molecule has 7 nitrogen and oxygen atoms in total. The largest absolute Gasteiger partial charge is 0.360 e. The zero-order valence-corrected chi connectivity index (χ0v) is 16.9. The predicted octanol–water partition coefficient (Wildman–Crippen LogP) is 3.20. The van der Waals surface area contributed by atoms with E-state index in [1.807, 2.05) is 0 Å². The Hall–Kier alpha value is -1.84. The van der Waals surface area contributed by atoms with Crippen LogP contribution in [0.2, 0.25) is 5.02 Å². The molecule has 0 saturated heterocycles. The Labute approximate surface area is 165 Å². The molecule has 140 valence electrons. The van der Waals surface area contributed by atoms with Gasteiger partial charge in [0.2, 0.25) is 16.9 Å². The summed E-state index contributed by atoms with van der Waals surface area (Å²) in [5.41, 5.74) is 0.523. The number of amides is 2. The number of likely N-dealkylation sites (N-methyl/N-ethyl adjacent to an activating group) is 1. The molecule has 0 aliphatic carbocycles. The Morgan fingerprint density at radius 3 is 2.81 bits per heavy atom. The van der Waals surface area contributed by atoms with Gasteiger partial charge < -0.3 is 15.5 Å². The van der Waals surface area contributed by atoms with Crippen LogP contribution in [0, 0.1) is 0 Å². The first-order chi connectivity index (χ1) is 12.5. The minimum atomic E-state index is -0.305. The average Bonchev–Trinajstić information content (AvgIpc) is 3.07. The lowest BCUT2D eigenvalue weighted by Gasteiger charge is -2.16. The maximum atomic E-state index is 12.2. The second-order valence-electron chi connectivity index (χ2n) is 5.37. The molecular weight excluding hydrogens is 394 g/mol. The molecule has 10 heteroatoms. The molecule has 2 amide bonds. The summed E-state index contributed by atoms with van der Waals surface area (Å²) in [5, 5.41) is 15.1. The van der Waals surface area contributed by atoms with Gasteiger partial charge in [-0.2, -0.15) is 0 Å². The highest BCUT2D eigenvalue weighted by atomic mass is 35.5. The molecule has 0 saturated carbocycles. The topological polar surface area (TPSA) is 87.2 Å². The molecule has 0 unspecified atom stereocenters. The fourth-order valence-corrected chi connectivity index (χ4v) is 3.76. The normalized spacial score (nSPS) is 10.4. The first kappa shape index (κ1) is 20.5. The van der Waals surface area contributed by atoms with Crippen molar-refractivity contribution < 1.29 is 9.59 Å². The van der Waals surface area contributed by atoms with E-state index in [1.54, 1.807) is 31.3 Å². The summed E-state index contributed by atoms with van der Waals surface area (Å²) in [6, 6.07) is 6.95. The van der Waals surface area contributed by atoms with Gasteiger partial charge in [-0.3, -0.25) is 9.59 Å². The third-order valence-electron chi connectivity index (χ3n) is 3.21. The maximum Gasteiger partial charge on any atom is 0.244 e. The Kier molecular flexibility index (Phi) is 8.14. The molecule has 2 aromatic rings. The summed E-state index contributed by atoms with van der Waals surface area (Å²) in [5.74, 6) is -0.276. The second kappa shape index (κ2) is 10.3. The predicted molar refractivity (Wildman–Crippen MR) is 107 cm³/mol. The number of halogens is 1. The number of para-hydroxylation sites is 1. The number of rotatable bonds is 9. The van der Waals surface area contributed by atoms with Crippen molar-refractivity contribution in [2.75, 3.05) is 36.5 Å². The molecule has 0 bridgehead atoms. The second-order valence-corrected chi connectivity index (χ2v) is 7.97. The lowest BCUT2D eigenvalue weighted by atomic mass is 10.3. The van der Waals surface area contributed by atoms with Gasteiger partial charge in [-0.25, -0.2) is 0 Å². The van der Waals surface area contributed by atoms with E-state index in [0.717, 1.165) is 18.1 Å². The first-order valence-corrected chi connectivity index (χ1v) is 10.2. The highest BCUT2D eigenvalue weighted by Crippen LogP contribution is 2.25. The number of anilines is 2. The molecule has 1 heterocycles. The van der Waals surface area contributed by atoms with Crippen molar-refractivity contribution in [2.24, 2.45) is 0 Å². The minimum absolute atomic E-state index is 0.0515. The Morgan fingerprint density at radius 1 is 1.31 bits per heavy atom. The van der Waals surface area contributed by atoms with Crippen LogP contribution in [0.4, 0.5) is 10.8 Å². The fourth-order valence-electron chi connectivity index (χ4n) is 1.86. The highest BCUT2D eigenvalue weighted by Gasteiger charge is 2.15. The van der Waals surface area contributed by atoms with Crippen molar-refractivity contribution in [3.05, 3.63) is 29.3 Å². The molecule has 0 atom stereocenters. The zero-order chi connectivity index (χ0) is 18.9.